The van der Waals surface area contributed by atoms with Gasteiger partial charge < -0.3 is 0 Å². The van der Waals surface area contributed by atoms with Gasteiger partial charge in [-0.3, -0.25) is 0 Å². The molecule has 0 N–H and O–H groups in total. The molecule has 0 aromatic rings. The van der Waals surface area contributed by atoms with Crippen LogP contribution in [0.2, 0.25) is 0 Å². The van der Waals surface area contributed by atoms with Gasteiger partial charge in [0.05, 0.1) is 11.5 Å². The molecule has 138 valence electrons. The average Bonchev–Trinajstić information content (AvgIpc) is 2.62. The lowest BCUT2D eigenvalue weighted by molar-refractivity contribution is 0.0615. The van der Waals surface area contributed by atoms with Gasteiger partial charge in [0.1, 0.15) is 0 Å². The van der Waals surface area contributed by atoms with Gasteiger partial charge >= 0.3 is 0 Å². The van der Waals surface area contributed by atoms with E-state index in [0.717, 1.165) is 17.8 Å². The molecule has 0 heterocycles. The molecule has 2 rings (SSSR count). The Bertz CT molecular complexity index is 382. The van der Waals surface area contributed by atoms with Crippen LogP contribution in [0.5, 0.6) is 0 Å². The van der Waals surface area contributed by atoms with Gasteiger partial charge in [-0.05, 0) is 56.3 Å². The highest BCUT2D eigenvalue weighted by atomic mass is 14.5. The van der Waals surface area contributed by atoms with Crippen molar-refractivity contribution in [2.75, 3.05) is 0 Å². The molecule has 4 unspecified atom stereocenters. The molecule has 0 bridgehead atoms. The number of hydrogen-bond donors (Lipinski definition) is 0. The molecule has 0 aromatic carbocycles. The van der Waals surface area contributed by atoms with Crippen LogP contribution in [0.4, 0.5) is 0 Å². The molecule has 2 aliphatic rings. The zero-order valence-electron chi connectivity index (χ0n) is 16.5. The summed E-state index contributed by atoms with van der Waals surface area (Å²) in [7, 11) is 0. The summed E-state index contributed by atoms with van der Waals surface area (Å²) in [5.41, 5.74) is 0.0441. The lowest BCUT2D eigenvalue weighted by Crippen LogP contribution is -2.36. The maximum absolute atomic E-state index is 9.88. The predicted octanol–water partition coefficient (Wildman–Crippen LogP) is 7.65. The summed E-state index contributed by atoms with van der Waals surface area (Å²) in [5, 5.41) is 9.88. The highest BCUT2D eigenvalue weighted by Crippen LogP contribution is 2.51. The molecule has 2 fully saturated rings. The summed E-state index contributed by atoms with van der Waals surface area (Å²) >= 11 is 0. The van der Waals surface area contributed by atoms with Crippen molar-refractivity contribution in [2.45, 2.75) is 117 Å². The Labute approximate surface area is 151 Å². The van der Waals surface area contributed by atoms with Crippen LogP contribution >= 0.6 is 0 Å². The molecule has 1 nitrogen and oxygen atoms in total. The fraction of sp³-hybridized carbons (Fsp3) is 0.957. The molecule has 24 heavy (non-hydrogen) atoms. The summed E-state index contributed by atoms with van der Waals surface area (Å²) in [4.78, 5) is 0. The maximum Gasteiger partial charge on any atom is 0.0689 e. The molecule has 0 amide bonds. The summed E-state index contributed by atoms with van der Waals surface area (Å²) in [5.74, 6) is 2.82. The zero-order chi connectivity index (χ0) is 17.3. The van der Waals surface area contributed by atoms with E-state index in [1.165, 1.54) is 103 Å². The Hall–Kier alpha value is -0.510. The summed E-state index contributed by atoms with van der Waals surface area (Å²) in [6.07, 6.45) is 21.6. The van der Waals surface area contributed by atoms with Crippen molar-refractivity contribution in [3.8, 4) is 6.07 Å². The molecule has 0 spiro atoms. The summed E-state index contributed by atoms with van der Waals surface area (Å²) in [6, 6.07) is 2.79. The molecule has 0 radical (unpaired) electrons. The van der Waals surface area contributed by atoms with Gasteiger partial charge in [-0.15, -0.1) is 0 Å². The van der Waals surface area contributed by atoms with E-state index >= 15 is 0 Å². The third-order valence-electron chi connectivity index (χ3n) is 7.11. The van der Waals surface area contributed by atoms with E-state index in [1.54, 1.807) is 0 Å². The molecule has 2 aliphatic carbocycles. The van der Waals surface area contributed by atoms with Gasteiger partial charge in [-0.2, -0.15) is 5.26 Å². The molecule has 0 aliphatic heterocycles. The minimum Gasteiger partial charge on any atom is -0.198 e. The van der Waals surface area contributed by atoms with E-state index in [4.69, 9.17) is 0 Å². The third-order valence-corrected chi connectivity index (χ3v) is 7.11. The number of nitriles is 1. The van der Waals surface area contributed by atoms with Crippen LogP contribution in [0.1, 0.15) is 117 Å². The Morgan fingerprint density at radius 2 is 1.62 bits per heavy atom. The van der Waals surface area contributed by atoms with Gasteiger partial charge in [0.15, 0.2) is 0 Å². The van der Waals surface area contributed by atoms with Gasteiger partial charge in [0, 0.05) is 0 Å². The first-order valence-electron chi connectivity index (χ1n) is 11.1. The van der Waals surface area contributed by atoms with Crippen LogP contribution in [0.15, 0.2) is 0 Å². The second kappa shape index (κ2) is 10.5. The minimum absolute atomic E-state index is 0.0441. The van der Waals surface area contributed by atoms with E-state index in [0.29, 0.717) is 0 Å². The largest absolute Gasteiger partial charge is 0.198 e. The highest BCUT2D eigenvalue weighted by Gasteiger charge is 2.42. The Morgan fingerprint density at radius 1 is 0.875 bits per heavy atom. The lowest BCUT2D eigenvalue weighted by Gasteiger charge is -2.45. The number of rotatable bonds is 10. The first-order valence-corrected chi connectivity index (χ1v) is 11.1. The summed E-state index contributed by atoms with van der Waals surface area (Å²) < 4.78 is 0. The fourth-order valence-electron chi connectivity index (χ4n) is 5.51. The second-order valence-electron chi connectivity index (χ2n) is 8.99. The minimum atomic E-state index is 0.0441. The van der Waals surface area contributed by atoms with Crippen molar-refractivity contribution in [1.82, 2.24) is 0 Å². The molecule has 0 saturated heterocycles. The van der Waals surface area contributed by atoms with Crippen molar-refractivity contribution in [2.24, 2.45) is 23.2 Å². The van der Waals surface area contributed by atoms with Crippen LogP contribution in [0.25, 0.3) is 0 Å². The zero-order valence-corrected chi connectivity index (χ0v) is 16.5. The predicted molar refractivity (Wildman–Crippen MR) is 104 cm³/mol. The van der Waals surface area contributed by atoms with Crippen molar-refractivity contribution < 1.29 is 0 Å². The van der Waals surface area contributed by atoms with Crippen molar-refractivity contribution in [3.05, 3.63) is 0 Å². The molecular weight excluding hydrogens is 290 g/mol. The molecule has 0 aromatic heterocycles. The van der Waals surface area contributed by atoms with Gasteiger partial charge in [-0.25, -0.2) is 0 Å². The fourth-order valence-corrected chi connectivity index (χ4v) is 5.51. The van der Waals surface area contributed by atoms with Gasteiger partial charge in [0.25, 0.3) is 0 Å². The molecule has 2 saturated carbocycles. The SMILES string of the molecule is CCCCCCCC1(C#N)CCC2CC(CCCCC)CCC2C1. The lowest BCUT2D eigenvalue weighted by atomic mass is 9.58. The number of nitrogens with zero attached hydrogens (tertiary/aromatic N) is 1. The van der Waals surface area contributed by atoms with Gasteiger partial charge in [-0.1, -0.05) is 78.1 Å². The van der Waals surface area contributed by atoms with E-state index in [9.17, 15) is 5.26 Å². The monoisotopic (exact) mass is 331 g/mol. The quantitative estimate of drug-likeness (QED) is 0.377. The van der Waals surface area contributed by atoms with E-state index in [1.807, 2.05) is 0 Å². The van der Waals surface area contributed by atoms with E-state index in [-0.39, 0.29) is 5.41 Å². The summed E-state index contributed by atoms with van der Waals surface area (Å²) in [6.45, 7) is 4.58. The maximum atomic E-state index is 9.88. The van der Waals surface area contributed by atoms with Crippen LogP contribution in [-0.4, -0.2) is 0 Å². The molecule has 4 atom stereocenters. The van der Waals surface area contributed by atoms with Crippen molar-refractivity contribution in [1.29, 1.82) is 5.26 Å². The Balaban J connectivity index is 1.76. The van der Waals surface area contributed by atoms with Crippen molar-refractivity contribution in [3.63, 3.8) is 0 Å². The molecule has 1 heteroatoms. The Morgan fingerprint density at radius 3 is 2.38 bits per heavy atom. The van der Waals surface area contributed by atoms with Crippen LogP contribution in [0, 0.1) is 34.5 Å². The van der Waals surface area contributed by atoms with E-state index < -0.39 is 0 Å². The topological polar surface area (TPSA) is 23.8 Å². The normalized spacial score (nSPS) is 33.0. The number of hydrogen-bond acceptors (Lipinski definition) is 1. The smallest absolute Gasteiger partial charge is 0.0689 e. The Kier molecular flexibility index (Phi) is 8.65. The highest BCUT2D eigenvalue weighted by molar-refractivity contribution is 5.04. The number of fused-ring (bicyclic) bond motifs is 1. The average molecular weight is 332 g/mol. The standard InChI is InChI=1S/C23H41N/c1-3-5-7-8-10-15-23(19-24)16-14-21-17-20(11-9-6-4-2)12-13-22(21)18-23/h20-22H,3-18H2,1-2H3. The van der Waals surface area contributed by atoms with Crippen LogP contribution in [0.3, 0.4) is 0 Å². The van der Waals surface area contributed by atoms with Crippen LogP contribution < -0.4 is 0 Å². The van der Waals surface area contributed by atoms with E-state index in [2.05, 4.69) is 19.9 Å². The van der Waals surface area contributed by atoms with Crippen LogP contribution in [-0.2, 0) is 0 Å². The van der Waals surface area contributed by atoms with Crippen molar-refractivity contribution >= 4 is 0 Å². The second-order valence-corrected chi connectivity index (χ2v) is 8.99. The molecular formula is C23H41N. The van der Waals surface area contributed by atoms with Gasteiger partial charge in [0.2, 0.25) is 0 Å². The number of unbranched alkanes of at least 4 members (excludes halogenated alkanes) is 6. The first-order chi connectivity index (χ1) is 11.7. The third kappa shape index (κ3) is 5.79. The first kappa shape index (κ1) is 19.8.